The summed E-state index contributed by atoms with van der Waals surface area (Å²) in [5.74, 6) is 0.307. The maximum atomic E-state index is 12.5. The molecule has 1 aromatic carbocycles. The van der Waals surface area contributed by atoms with Gasteiger partial charge in [-0.15, -0.1) is 10.2 Å². The predicted octanol–water partition coefficient (Wildman–Crippen LogP) is 1.46. The Bertz CT molecular complexity index is 844. The van der Waals surface area contributed by atoms with Crippen LogP contribution >= 0.6 is 0 Å². The number of aromatic nitrogens is 3. The molecule has 0 bridgehead atoms. The minimum Gasteiger partial charge on any atom is -0.348 e. The third-order valence-corrected chi connectivity index (χ3v) is 5.35. The van der Waals surface area contributed by atoms with Gasteiger partial charge in [-0.3, -0.25) is 9.59 Å². The number of aryl methyl sites for hydroxylation is 3. The van der Waals surface area contributed by atoms with Crippen LogP contribution < -0.4 is 10.2 Å². The molecule has 1 saturated heterocycles. The third kappa shape index (κ3) is 3.09. The molecule has 1 aliphatic heterocycles. The van der Waals surface area contributed by atoms with Crippen molar-refractivity contribution in [2.45, 2.75) is 45.7 Å². The monoisotopic (exact) mass is 353 g/mol. The minimum absolute atomic E-state index is 0.0137. The molecule has 0 spiro atoms. The van der Waals surface area contributed by atoms with Crippen LogP contribution in [0.4, 0.5) is 5.69 Å². The predicted molar refractivity (Wildman–Crippen MR) is 96.5 cm³/mol. The van der Waals surface area contributed by atoms with Gasteiger partial charge in [-0.05, 0) is 49.4 Å². The fourth-order valence-electron chi connectivity index (χ4n) is 3.85. The van der Waals surface area contributed by atoms with E-state index in [-0.39, 0.29) is 24.2 Å². The zero-order valence-electron chi connectivity index (χ0n) is 14.9. The van der Waals surface area contributed by atoms with E-state index < -0.39 is 0 Å². The van der Waals surface area contributed by atoms with E-state index in [1.54, 1.807) is 11.2 Å². The zero-order valence-corrected chi connectivity index (χ0v) is 14.9. The van der Waals surface area contributed by atoms with E-state index in [1.165, 1.54) is 17.5 Å². The molecule has 2 aromatic rings. The fraction of sp³-hybridized carbons (Fsp3) is 0.474. The lowest BCUT2D eigenvalue weighted by atomic mass is 10.1. The average molecular weight is 353 g/mol. The number of amides is 2. The Morgan fingerprint density at radius 3 is 3.00 bits per heavy atom. The summed E-state index contributed by atoms with van der Waals surface area (Å²) in [5.41, 5.74) is 3.63. The Hall–Kier alpha value is -2.70. The summed E-state index contributed by atoms with van der Waals surface area (Å²) in [6, 6.07) is 6.24. The van der Waals surface area contributed by atoms with Crippen LogP contribution in [0, 0.1) is 5.92 Å². The van der Waals surface area contributed by atoms with Crippen LogP contribution in [0.1, 0.15) is 36.7 Å². The lowest BCUT2D eigenvalue weighted by Gasteiger charge is -2.18. The topological polar surface area (TPSA) is 80.1 Å². The van der Waals surface area contributed by atoms with Crippen molar-refractivity contribution in [2.24, 2.45) is 5.92 Å². The quantitative estimate of drug-likeness (QED) is 0.882. The Balaban J connectivity index is 1.40. The number of carbonyl (C=O) groups is 2. The smallest absolute Gasteiger partial charge is 0.227 e. The summed E-state index contributed by atoms with van der Waals surface area (Å²) in [5, 5.41) is 10.8. The van der Waals surface area contributed by atoms with Crippen molar-refractivity contribution in [3.63, 3.8) is 0 Å². The lowest BCUT2D eigenvalue weighted by Crippen LogP contribution is -2.33. The molecular weight excluding hydrogens is 330 g/mol. The highest BCUT2D eigenvalue weighted by Gasteiger charge is 2.35. The molecule has 136 valence electrons. The lowest BCUT2D eigenvalue weighted by molar-refractivity contribution is -0.126. The first-order chi connectivity index (χ1) is 12.7. The number of carbonyl (C=O) groups excluding carboxylic acids is 2. The average Bonchev–Trinajstić information content (AvgIpc) is 3.37. The highest BCUT2D eigenvalue weighted by molar-refractivity contribution is 6.00. The first kappa shape index (κ1) is 16.8. The van der Waals surface area contributed by atoms with Gasteiger partial charge in [0.2, 0.25) is 11.8 Å². The largest absolute Gasteiger partial charge is 0.348 e. The van der Waals surface area contributed by atoms with Crippen LogP contribution in [0.5, 0.6) is 0 Å². The normalized spacial score (nSPS) is 19.0. The van der Waals surface area contributed by atoms with Crippen molar-refractivity contribution < 1.29 is 9.59 Å². The highest BCUT2D eigenvalue weighted by Crippen LogP contribution is 2.30. The summed E-state index contributed by atoms with van der Waals surface area (Å²) < 4.78 is 1.89. The highest BCUT2D eigenvalue weighted by atomic mass is 16.2. The standard InChI is InChI=1S/C19H23N5O2/c1-2-23-12-21-22-17(23)10-20-19(26)15-9-18(25)24(11-15)16-7-6-13-4-3-5-14(13)8-16/h6-8,12,15H,2-5,9-11H2,1H3,(H,20,26)/t15-/m1/s1. The van der Waals surface area contributed by atoms with Crippen LogP contribution in [0.3, 0.4) is 0 Å². The van der Waals surface area contributed by atoms with Gasteiger partial charge in [0.1, 0.15) is 6.33 Å². The molecule has 2 aliphatic rings. The van der Waals surface area contributed by atoms with Gasteiger partial charge in [-0.2, -0.15) is 0 Å². The first-order valence-electron chi connectivity index (χ1n) is 9.22. The molecule has 7 nitrogen and oxygen atoms in total. The van der Waals surface area contributed by atoms with Crippen molar-refractivity contribution in [1.29, 1.82) is 0 Å². The minimum atomic E-state index is -0.325. The molecule has 1 aliphatic carbocycles. The van der Waals surface area contributed by atoms with Crippen LogP contribution in [-0.2, 0) is 35.5 Å². The van der Waals surface area contributed by atoms with E-state index in [9.17, 15) is 9.59 Å². The second-order valence-electron chi connectivity index (χ2n) is 6.96. The Labute approximate surface area is 152 Å². The molecule has 1 fully saturated rings. The van der Waals surface area contributed by atoms with Gasteiger partial charge in [0.15, 0.2) is 5.82 Å². The molecule has 1 atom stereocenters. The van der Waals surface area contributed by atoms with Crippen molar-refractivity contribution >= 4 is 17.5 Å². The maximum Gasteiger partial charge on any atom is 0.227 e. The summed E-state index contributed by atoms with van der Waals surface area (Å²) in [6.07, 6.45) is 5.28. The van der Waals surface area contributed by atoms with E-state index in [1.807, 2.05) is 17.6 Å². The summed E-state index contributed by atoms with van der Waals surface area (Å²) in [6.45, 7) is 3.52. The van der Waals surface area contributed by atoms with Gasteiger partial charge in [-0.25, -0.2) is 0 Å². The Morgan fingerprint density at radius 2 is 2.15 bits per heavy atom. The van der Waals surface area contributed by atoms with Crippen molar-refractivity contribution in [2.75, 3.05) is 11.4 Å². The number of fused-ring (bicyclic) bond motifs is 1. The SMILES string of the molecule is CCn1cnnc1CNC(=O)[C@@H]1CC(=O)N(c2ccc3c(c2)CCC3)C1. The fourth-order valence-corrected chi connectivity index (χ4v) is 3.85. The zero-order chi connectivity index (χ0) is 18.1. The van der Waals surface area contributed by atoms with Crippen LogP contribution in [0.2, 0.25) is 0 Å². The van der Waals surface area contributed by atoms with E-state index >= 15 is 0 Å². The van der Waals surface area contributed by atoms with Gasteiger partial charge in [-0.1, -0.05) is 6.07 Å². The number of hydrogen-bond donors (Lipinski definition) is 1. The molecule has 4 rings (SSSR count). The van der Waals surface area contributed by atoms with Crippen LogP contribution in [0.25, 0.3) is 0 Å². The van der Waals surface area contributed by atoms with Crippen molar-refractivity contribution in [3.05, 3.63) is 41.5 Å². The van der Waals surface area contributed by atoms with E-state index in [4.69, 9.17) is 0 Å². The molecular formula is C19H23N5O2. The first-order valence-corrected chi connectivity index (χ1v) is 9.22. The second-order valence-corrected chi connectivity index (χ2v) is 6.96. The molecule has 26 heavy (non-hydrogen) atoms. The molecule has 0 radical (unpaired) electrons. The summed E-state index contributed by atoms with van der Waals surface area (Å²) >= 11 is 0. The second kappa shape index (κ2) is 6.90. The molecule has 0 unspecified atom stereocenters. The molecule has 0 saturated carbocycles. The summed E-state index contributed by atoms with van der Waals surface area (Å²) in [7, 11) is 0. The van der Waals surface area contributed by atoms with Crippen molar-refractivity contribution in [1.82, 2.24) is 20.1 Å². The van der Waals surface area contributed by atoms with Gasteiger partial charge in [0.25, 0.3) is 0 Å². The van der Waals surface area contributed by atoms with Crippen LogP contribution in [-0.4, -0.2) is 33.1 Å². The van der Waals surface area contributed by atoms with Gasteiger partial charge >= 0.3 is 0 Å². The third-order valence-electron chi connectivity index (χ3n) is 5.35. The number of benzene rings is 1. The number of anilines is 1. The van der Waals surface area contributed by atoms with Gasteiger partial charge in [0.05, 0.1) is 12.5 Å². The molecule has 1 aromatic heterocycles. The van der Waals surface area contributed by atoms with E-state index in [2.05, 4.69) is 27.6 Å². The molecule has 2 amide bonds. The van der Waals surface area contributed by atoms with Crippen LogP contribution in [0.15, 0.2) is 24.5 Å². The number of hydrogen-bond acceptors (Lipinski definition) is 4. The Morgan fingerprint density at radius 1 is 1.31 bits per heavy atom. The van der Waals surface area contributed by atoms with Gasteiger partial charge < -0.3 is 14.8 Å². The van der Waals surface area contributed by atoms with E-state index in [0.717, 1.165) is 30.9 Å². The number of nitrogens with one attached hydrogen (secondary N) is 1. The van der Waals surface area contributed by atoms with Gasteiger partial charge in [0, 0.05) is 25.2 Å². The van der Waals surface area contributed by atoms with E-state index in [0.29, 0.717) is 13.1 Å². The molecule has 1 N–H and O–H groups in total. The molecule has 7 heteroatoms. The van der Waals surface area contributed by atoms with Crippen molar-refractivity contribution in [3.8, 4) is 0 Å². The molecule has 2 heterocycles. The Kier molecular flexibility index (Phi) is 4.44. The maximum absolute atomic E-state index is 12.5. The summed E-state index contributed by atoms with van der Waals surface area (Å²) in [4.78, 5) is 26.7. The number of rotatable bonds is 5. The number of nitrogens with zero attached hydrogens (tertiary/aromatic N) is 4.